The molecule has 0 radical (unpaired) electrons. The van der Waals surface area contributed by atoms with E-state index in [1.165, 1.54) is 22.3 Å². The summed E-state index contributed by atoms with van der Waals surface area (Å²) in [5.41, 5.74) is 5.06. The summed E-state index contributed by atoms with van der Waals surface area (Å²) in [7, 11) is 6.70. The number of benzene rings is 2. The Hall–Kier alpha value is -2.06. The van der Waals surface area contributed by atoms with Crippen molar-refractivity contribution >= 4 is 5.57 Å². The van der Waals surface area contributed by atoms with Crippen molar-refractivity contribution in [1.29, 1.82) is 0 Å². The molecular formula is C20H24NO+. The minimum atomic E-state index is 0.639. The van der Waals surface area contributed by atoms with Gasteiger partial charge in [0.05, 0.1) is 27.7 Å². The summed E-state index contributed by atoms with van der Waals surface area (Å²) in [5, 5.41) is 0. The van der Waals surface area contributed by atoms with Crippen LogP contribution in [0.5, 0.6) is 5.75 Å². The first-order valence-corrected chi connectivity index (χ1v) is 7.86. The molecule has 0 spiro atoms. The highest BCUT2D eigenvalue weighted by Crippen LogP contribution is 2.36. The second-order valence-electron chi connectivity index (χ2n) is 6.86. The Labute approximate surface area is 133 Å². The Morgan fingerprint density at radius 3 is 2.41 bits per heavy atom. The maximum absolute atomic E-state index is 6.01. The van der Waals surface area contributed by atoms with Gasteiger partial charge < -0.3 is 9.22 Å². The van der Waals surface area contributed by atoms with E-state index in [-0.39, 0.29) is 0 Å². The SMILES string of the molecule is C[N+](C)(C)CC/C=C1\c2ccccc2COc2ccccc21. The van der Waals surface area contributed by atoms with Crippen molar-refractivity contribution < 1.29 is 9.22 Å². The Kier molecular flexibility index (Phi) is 4.04. The van der Waals surface area contributed by atoms with Gasteiger partial charge in [-0.3, -0.25) is 0 Å². The van der Waals surface area contributed by atoms with Crippen LogP contribution in [0, 0.1) is 0 Å². The van der Waals surface area contributed by atoms with Crippen LogP contribution in [0.25, 0.3) is 5.57 Å². The van der Waals surface area contributed by atoms with E-state index in [0.29, 0.717) is 6.61 Å². The average Bonchev–Trinajstić information content (AvgIpc) is 2.64. The quantitative estimate of drug-likeness (QED) is 0.774. The van der Waals surface area contributed by atoms with Gasteiger partial charge in [-0.05, 0) is 22.8 Å². The number of nitrogens with zero attached hydrogens (tertiary/aromatic N) is 1. The molecule has 114 valence electrons. The number of para-hydroxylation sites is 1. The monoisotopic (exact) mass is 294 g/mol. The molecule has 0 saturated carbocycles. The first kappa shape index (κ1) is 14.9. The van der Waals surface area contributed by atoms with Gasteiger partial charge in [0.1, 0.15) is 12.4 Å². The highest BCUT2D eigenvalue weighted by atomic mass is 16.5. The van der Waals surface area contributed by atoms with Crippen molar-refractivity contribution in [3.63, 3.8) is 0 Å². The number of hydrogen-bond donors (Lipinski definition) is 0. The van der Waals surface area contributed by atoms with Crippen molar-refractivity contribution in [3.8, 4) is 5.75 Å². The van der Waals surface area contributed by atoms with E-state index in [4.69, 9.17) is 4.74 Å². The third kappa shape index (κ3) is 3.23. The molecule has 0 amide bonds. The molecule has 22 heavy (non-hydrogen) atoms. The fourth-order valence-corrected chi connectivity index (χ4v) is 2.84. The lowest BCUT2D eigenvalue weighted by Gasteiger charge is -2.23. The lowest BCUT2D eigenvalue weighted by molar-refractivity contribution is -0.869. The van der Waals surface area contributed by atoms with Gasteiger partial charge in [-0.15, -0.1) is 0 Å². The molecule has 2 nitrogen and oxygen atoms in total. The topological polar surface area (TPSA) is 9.23 Å². The van der Waals surface area contributed by atoms with E-state index in [2.05, 4.69) is 69.7 Å². The Balaban J connectivity index is 2.04. The maximum atomic E-state index is 6.01. The van der Waals surface area contributed by atoms with Crippen LogP contribution in [0.15, 0.2) is 54.6 Å². The first-order chi connectivity index (χ1) is 10.5. The second-order valence-corrected chi connectivity index (χ2v) is 6.86. The summed E-state index contributed by atoms with van der Waals surface area (Å²) in [6.07, 6.45) is 3.43. The molecule has 0 fully saturated rings. The summed E-state index contributed by atoms with van der Waals surface area (Å²) in [5.74, 6) is 0.982. The van der Waals surface area contributed by atoms with Gasteiger partial charge in [-0.2, -0.15) is 0 Å². The van der Waals surface area contributed by atoms with Crippen LogP contribution >= 0.6 is 0 Å². The van der Waals surface area contributed by atoms with Gasteiger partial charge >= 0.3 is 0 Å². The molecule has 0 unspecified atom stereocenters. The van der Waals surface area contributed by atoms with E-state index < -0.39 is 0 Å². The summed E-state index contributed by atoms with van der Waals surface area (Å²) in [4.78, 5) is 0. The van der Waals surface area contributed by atoms with Crippen molar-refractivity contribution in [3.05, 3.63) is 71.3 Å². The van der Waals surface area contributed by atoms with Crippen LogP contribution in [0.4, 0.5) is 0 Å². The van der Waals surface area contributed by atoms with Crippen LogP contribution in [-0.2, 0) is 6.61 Å². The molecule has 0 saturated heterocycles. The highest BCUT2D eigenvalue weighted by molar-refractivity contribution is 5.84. The molecular weight excluding hydrogens is 270 g/mol. The fourth-order valence-electron chi connectivity index (χ4n) is 2.84. The van der Waals surface area contributed by atoms with Crippen molar-refractivity contribution in [2.45, 2.75) is 13.0 Å². The van der Waals surface area contributed by atoms with Crippen LogP contribution in [0.3, 0.4) is 0 Å². The molecule has 2 aromatic rings. The van der Waals surface area contributed by atoms with Gasteiger partial charge in [0.25, 0.3) is 0 Å². The van der Waals surface area contributed by atoms with Crippen molar-refractivity contribution in [2.24, 2.45) is 0 Å². The maximum Gasteiger partial charge on any atom is 0.127 e. The zero-order chi connectivity index (χ0) is 15.6. The Bertz CT molecular complexity index is 645. The number of quaternary nitrogens is 1. The number of fused-ring (bicyclic) bond motifs is 2. The van der Waals surface area contributed by atoms with E-state index in [0.717, 1.165) is 23.2 Å². The van der Waals surface area contributed by atoms with Crippen LogP contribution in [-0.4, -0.2) is 32.2 Å². The molecule has 1 aliphatic heterocycles. The van der Waals surface area contributed by atoms with E-state index in [1.54, 1.807) is 0 Å². The number of ether oxygens (including phenoxy) is 1. The molecule has 1 heterocycles. The van der Waals surface area contributed by atoms with Gasteiger partial charge in [0.15, 0.2) is 0 Å². The largest absolute Gasteiger partial charge is 0.488 e. The molecule has 0 aliphatic carbocycles. The lowest BCUT2D eigenvalue weighted by Crippen LogP contribution is -2.34. The van der Waals surface area contributed by atoms with Crippen molar-refractivity contribution in [2.75, 3.05) is 27.7 Å². The fraction of sp³-hybridized carbons (Fsp3) is 0.300. The van der Waals surface area contributed by atoms with Gasteiger partial charge in [0, 0.05) is 12.0 Å². The molecule has 0 bridgehead atoms. The zero-order valence-corrected chi connectivity index (χ0v) is 13.7. The Morgan fingerprint density at radius 1 is 0.955 bits per heavy atom. The number of hydrogen-bond acceptors (Lipinski definition) is 1. The number of rotatable bonds is 3. The first-order valence-electron chi connectivity index (χ1n) is 7.86. The van der Waals surface area contributed by atoms with Gasteiger partial charge in [0.2, 0.25) is 0 Å². The predicted octanol–water partition coefficient (Wildman–Crippen LogP) is 4.11. The highest BCUT2D eigenvalue weighted by Gasteiger charge is 2.18. The molecule has 2 aromatic carbocycles. The smallest absolute Gasteiger partial charge is 0.127 e. The third-order valence-corrected chi connectivity index (χ3v) is 4.02. The summed E-state index contributed by atoms with van der Waals surface area (Å²) in [6.45, 7) is 1.76. The van der Waals surface area contributed by atoms with Gasteiger partial charge in [-0.25, -0.2) is 0 Å². The molecule has 0 aromatic heterocycles. The normalized spacial score (nSPS) is 15.7. The average molecular weight is 294 g/mol. The minimum Gasteiger partial charge on any atom is -0.488 e. The lowest BCUT2D eigenvalue weighted by atomic mass is 9.93. The molecule has 2 heteroatoms. The third-order valence-electron chi connectivity index (χ3n) is 4.02. The summed E-state index contributed by atoms with van der Waals surface area (Å²) in [6, 6.07) is 16.9. The van der Waals surface area contributed by atoms with Crippen LogP contribution in [0.2, 0.25) is 0 Å². The summed E-state index contributed by atoms with van der Waals surface area (Å²) < 4.78 is 6.98. The molecule has 3 rings (SSSR count). The van der Waals surface area contributed by atoms with E-state index >= 15 is 0 Å². The van der Waals surface area contributed by atoms with E-state index in [1.807, 2.05) is 6.07 Å². The summed E-state index contributed by atoms with van der Waals surface area (Å²) >= 11 is 0. The van der Waals surface area contributed by atoms with E-state index in [9.17, 15) is 0 Å². The van der Waals surface area contributed by atoms with Gasteiger partial charge in [-0.1, -0.05) is 48.5 Å². The Morgan fingerprint density at radius 2 is 1.64 bits per heavy atom. The van der Waals surface area contributed by atoms with Crippen molar-refractivity contribution in [1.82, 2.24) is 0 Å². The van der Waals surface area contributed by atoms with Crippen LogP contribution in [0.1, 0.15) is 23.1 Å². The second kappa shape index (κ2) is 5.98. The minimum absolute atomic E-state index is 0.639. The molecule has 0 atom stereocenters. The predicted molar refractivity (Wildman–Crippen MR) is 91.8 cm³/mol. The molecule has 1 aliphatic rings. The molecule has 0 N–H and O–H groups in total. The standard InChI is InChI=1S/C20H24NO/c1-21(2,3)14-8-12-18-17-10-5-4-9-16(17)15-22-20-13-7-6-11-19(18)20/h4-7,9-13H,8,14-15H2,1-3H3/q+1/b18-12+. The zero-order valence-electron chi connectivity index (χ0n) is 13.7. The van der Waals surface area contributed by atoms with Crippen LogP contribution < -0.4 is 4.74 Å².